The summed E-state index contributed by atoms with van der Waals surface area (Å²) in [7, 11) is 0. The molecule has 108 valence electrons. The minimum absolute atomic E-state index is 0.0172. The van der Waals surface area contributed by atoms with Gasteiger partial charge in [-0.3, -0.25) is 9.59 Å². The molecule has 5 nitrogen and oxygen atoms in total. The van der Waals surface area contributed by atoms with Gasteiger partial charge < -0.3 is 15.3 Å². The Labute approximate surface area is 114 Å². The first-order valence-corrected chi connectivity index (χ1v) is 7.32. The van der Waals surface area contributed by atoms with Crippen LogP contribution in [-0.2, 0) is 9.59 Å². The Morgan fingerprint density at radius 3 is 2.37 bits per heavy atom. The summed E-state index contributed by atoms with van der Waals surface area (Å²) < 4.78 is 0. The van der Waals surface area contributed by atoms with Crippen molar-refractivity contribution in [1.29, 1.82) is 0 Å². The number of aliphatic hydroxyl groups excluding tert-OH is 1. The Morgan fingerprint density at radius 1 is 1.21 bits per heavy atom. The number of rotatable bonds is 5. The second kappa shape index (κ2) is 6.37. The largest absolute Gasteiger partial charge is 0.396 e. The van der Waals surface area contributed by atoms with Gasteiger partial charge in [0.25, 0.3) is 0 Å². The van der Waals surface area contributed by atoms with Crippen LogP contribution in [0.25, 0.3) is 0 Å². The van der Waals surface area contributed by atoms with Crippen molar-refractivity contribution in [2.75, 3.05) is 19.7 Å². The Morgan fingerprint density at radius 2 is 1.84 bits per heavy atom. The summed E-state index contributed by atoms with van der Waals surface area (Å²) >= 11 is 0. The van der Waals surface area contributed by atoms with Crippen LogP contribution in [0.5, 0.6) is 0 Å². The predicted molar refractivity (Wildman–Crippen MR) is 71.3 cm³/mol. The van der Waals surface area contributed by atoms with Crippen LogP contribution < -0.4 is 5.32 Å². The molecule has 1 aliphatic carbocycles. The van der Waals surface area contributed by atoms with Crippen molar-refractivity contribution in [1.82, 2.24) is 10.2 Å². The first-order valence-electron chi connectivity index (χ1n) is 7.32. The fraction of sp³-hybridized carbons (Fsp3) is 0.857. The lowest BCUT2D eigenvalue weighted by Gasteiger charge is -2.32. The third-order valence-corrected chi connectivity index (χ3v) is 4.05. The molecule has 0 aromatic heterocycles. The van der Waals surface area contributed by atoms with E-state index < -0.39 is 0 Å². The molecule has 1 heterocycles. The molecule has 2 N–H and O–H groups in total. The molecule has 0 radical (unpaired) electrons. The number of likely N-dealkylation sites (tertiary alicyclic amines) is 1. The fourth-order valence-electron chi connectivity index (χ4n) is 2.58. The summed E-state index contributed by atoms with van der Waals surface area (Å²) in [6.07, 6.45) is 4.19. The topological polar surface area (TPSA) is 69.6 Å². The lowest BCUT2D eigenvalue weighted by Crippen LogP contribution is -2.45. The number of hydrogen-bond donors (Lipinski definition) is 2. The number of hydrogen-bond acceptors (Lipinski definition) is 3. The van der Waals surface area contributed by atoms with Gasteiger partial charge in [0.05, 0.1) is 0 Å². The van der Waals surface area contributed by atoms with E-state index in [4.69, 9.17) is 5.11 Å². The van der Waals surface area contributed by atoms with E-state index in [1.165, 1.54) is 0 Å². The molecule has 0 aromatic rings. The van der Waals surface area contributed by atoms with E-state index in [0.29, 0.717) is 19.5 Å². The molecule has 19 heavy (non-hydrogen) atoms. The molecule has 1 aliphatic heterocycles. The van der Waals surface area contributed by atoms with Gasteiger partial charge in [0, 0.05) is 37.6 Å². The van der Waals surface area contributed by atoms with Crippen molar-refractivity contribution in [2.24, 2.45) is 11.8 Å². The SMILES string of the molecule is CC(CCO)NC(=O)C1CCN(C(=O)C2CC2)CC1. The quantitative estimate of drug-likeness (QED) is 0.764. The molecule has 2 amide bonds. The average Bonchev–Trinajstić information content (AvgIpc) is 3.22. The third-order valence-electron chi connectivity index (χ3n) is 4.05. The van der Waals surface area contributed by atoms with Crippen LogP contribution in [-0.4, -0.2) is 47.6 Å². The zero-order valence-electron chi connectivity index (χ0n) is 11.6. The summed E-state index contributed by atoms with van der Waals surface area (Å²) in [5.41, 5.74) is 0. The first kappa shape index (κ1) is 14.3. The molecular weight excluding hydrogens is 244 g/mol. The molecular formula is C14H24N2O3. The smallest absolute Gasteiger partial charge is 0.225 e. The highest BCUT2D eigenvalue weighted by Crippen LogP contribution is 2.32. The monoisotopic (exact) mass is 268 g/mol. The molecule has 5 heteroatoms. The van der Waals surface area contributed by atoms with Crippen LogP contribution in [0.4, 0.5) is 0 Å². The van der Waals surface area contributed by atoms with Crippen LogP contribution in [0, 0.1) is 11.8 Å². The molecule has 0 aromatic carbocycles. The van der Waals surface area contributed by atoms with Gasteiger partial charge in [0.2, 0.25) is 11.8 Å². The van der Waals surface area contributed by atoms with Crippen molar-refractivity contribution in [2.45, 2.75) is 45.1 Å². The van der Waals surface area contributed by atoms with E-state index in [1.54, 1.807) is 0 Å². The highest BCUT2D eigenvalue weighted by Gasteiger charge is 2.35. The van der Waals surface area contributed by atoms with E-state index in [0.717, 1.165) is 25.7 Å². The van der Waals surface area contributed by atoms with Crippen molar-refractivity contribution in [3.63, 3.8) is 0 Å². The van der Waals surface area contributed by atoms with Crippen molar-refractivity contribution >= 4 is 11.8 Å². The molecule has 0 spiro atoms. The molecule has 1 atom stereocenters. The Bertz CT molecular complexity index is 334. The number of nitrogens with zero attached hydrogens (tertiary/aromatic N) is 1. The zero-order chi connectivity index (χ0) is 13.8. The van der Waals surface area contributed by atoms with Gasteiger partial charge in [-0.05, 0) is 39.0 Å². The predicted octanol–water partition coefficient (Wildman–Crippen LogP) is 0.522. The lowest BCUT2D eigenvalue weighted by atomic mass is 9.95. The van der Waals surface area contributed by atoms with E-state index in [9.17, 15) is 9.59 Å². The summed E-state index contributed by atoms with van der Waals surface area (Å²) in [5, 5.41) is 11.7. The Kier molecular flexibility index (Phi) is 4.80. The number of carbonyl (C=O) groups excluding carboxylic acids is 2. The minimum atomic E-state index is 0.0172. The van der Waals surface area contributed by atoms with Crippen LogP contribution >= 0.6 is 0 Å². The molecule has 1 saturated heterocycles. The van der Waals surface area contributed by atoms with Gasteiger partial charge in [-0.15, -0.1) is 0 Å². The second-order valence-electron chi connectivity index (χ2n) is 5.80. The minimum Gasteiger partial charge on any atom is -0.396 e. The molecule has 2 fully saturated rings. The maximum Gasteiger partial charge on any atom is 0.225 e. The van der Waals surface area contributed by atoms with Gasteiger partial charge in [-0.25, -0.2) is 0 Å². The van der Waals surface area contributed by atoms with Crippen LogP contribution in [0.15, 0.2) is 0 Å². The number of amides is 2. The third kappa shape index (κ3) is 3.93. The average molecular weight is 268 g/mol. The van der Waals surface area contributed by atoms with E-state index >= 15 is 0 Å². The highest BCUT2D eigenvalue weighted by molar-refractivity contribution is 5.82. The van der Waals surface area contributed by atoms with Gasteiger partial charge in [0.1, 0.15) is 0 Å². The van der Waals surface area contributed by atoms with Gasteiger partial charge in [0.15, 0.2) is 0 Å². The van der Waals surface area contributed by atoms with Crippen molar-refractivity contribution in [3.8, 4) is 0 Å². The fourth-order valence-corrected chi connectivity index (χ4v) is 2.58. The zero-order valence-corrected chi connectivity index (χ0v) is 11.6. The van der Waals surface area contributed by atoms with Crippen molar-refractivity contribution in [3.05, 3.63) is 0 Å². The summed E-state index contributed by atoms with van der Waals surface area (Å²) in [5.74, 6) is 0.645. The van der Waals surface area contributed by atoms with Crippen LogP contribution in [0.2, 0.25) is 0 Å². The lowest BCUT2D eigenvalue weighted by molar-refractivity contribution is -0.136. The maximum absolute atomic E-state index is 12.0. The number of nitrogens with one attached hydrogen (secondary N) is 1. The molecule has 1 unspecified atom stereocenters. The molecule has 0 bridgehead atoms. The van der Waals surface area contributed by atoms with E-state index in [2.05, 4.69) is 5.32 Å². The first-order chi connectivity index (χ1) is 9.11. The molecule has 2 rings (SSSR count). The van der Waals surface area contributed by atoms with Crippen LogP contribution in [0.3, 0.4) is 0 Å². The van der Waals surface area contributed by atoms with Crippen molar-refractivity contribution < 1.29 is 14.7 Å². The number of aliphatic hydroxyl groups is 1. The molecule has 2 aliphatic rings. The Hall–Kier alpha value is -1.10. The highest BCUT2D eigenvalue weighted by atomic mass is 16.3. The van der Waals surface area contributed by atoms with E-state index in [1.807, 2.05) is 11.8 Å². The summed E-state index contributed by atoms with van der Waals surface area (Å²) in [6.45, 7) is 3.42. The number of carbonyl (C=O) groups is 2. The Balaban J connectivity index is 1.72. The van der Waals surface area contributed by atoms with Crippen LogP contribution in [0.1, 0.15) is 39.0 Å². The summed E-state index contributed by atoms with van der Waals surface area (Å²) in [4.78, 5) is 25.8. The number of piperidine rings is 1. The van der Waals surface area contributed by atoms with Gasteiger partial charge in [-0.1, -0.05) is 0 Å². The van der Waals surface area contributed by atoms with Gasteiger partial charge >= 0.3 is 0 Å². The van der Waals surface area contributed by atoms with Gasteiger partial charge in [-0.2, -0.15) is 0 Å². The van der Waals surface area contributed by atoms with E-state index in [-0.39, 0.29) is 36.3 Å². The second-order valence-corrected chi connectivity index (χ2v) is 5.80. The standard InChI is InChI=1S/C14H24N2O3/c1-10(6-9-17)15-13(18)11-4-7-16(8-5-11)14(19)12-2-3-12/h10-12,17H,2-9H2,1H3,(H,15,18). The normalized spacial score (nSPS) is 22.1. The maximum atomic E-state index is 12.0. The summed E-state index contributed by atoms with van der Waals surface area (Å²) in [6, 6.07) is 0.0172. The molecule has 1 saturated carbocycles.